The second-order valence-electron chi connectivity index (χ2n) is 6.19. The highest BCUT2D eigenvalue weighted by molar-refractivity contribution is 9.10. The zero-order chi connectivity index (χ0) is 16.7. The number of halogens is 1. The number of amides is 2. The van der Waals surface area contributed by atoms with Gasteiger partial charge in [-0.2, -0.15) is 0 Å². The maximum atomic E-state index is 12.4. The van der Waals surface area contributed by atoms with Crippen LogP contribution < -0.4 is 5.32 Å². The fourth-order valence-corrected chi connectivity index (χ4v) is 3.06. The van der Waals surface area contributed by atoms with E-state index in [-0.39, 0.29) is 18.2 Å². The van der Waals surface area contributed by atoms with Crippen LogP contribution >= 0.6 is 15.9 Å². The first kappa shape index (κ1) is 18.3. The lowest BCUT2D eigenvalue weighted by atomic mass is 10.1. The number of aryl methyl sites for hydroxylation is 1. The SMILES string of the molecule is CCN(CC1CCCO1)C(=O)NC(C)CCc1ccc(Br)cc1. The summed E-state index contributed by atoms with van der Waals surface area (Å²) in [6.07, 6.45) is 4.27. The average molecular weight is 383 g/mol. The Labute approximate surface area is 147 Å². The molecule has 1 N–H and O–H groups in total. The molecule has 0 radical (unpaired) electrons. The zero-order valence-electron chi connectivity index (χ0n) is 14.1. The third-order valence-electron chi connectivity index (χ3n) is 4.27. The van der Waals surface area contributed by atoms with Gasteiger partial charge in [-0.25, -0.2) is 4.79 Å². The molecular weight excluding hydrogens is 356 g/mol. The van der Waals surface area contributed by atoms with Gasteiger partial charge in [-0.1, -0.05) is 28.1 Å². The Morgan fingerprint density at radius 3 is 2.78 bits per heavy atom. The molecule has 2 unspecified atom stereocenters. The summed E-state index contributed by atoms with van der Waals surface area (Å²) in [5, 5.41) is 3.11. The number of nitrogens with zero attached hydrogens (tertiary/aromatic N) is 1. The van der Waals surface area contributed by atoms with E-state index in [0.717, 1.165) is 36.8 Å². The summed E-state index contributed by atoms with van der Waals surface area (Å²) < 4.78 is 6.72. The van der Waals surface area contributed by atoms with Gasteiger partial charge in [0.25, 0.3) is 0 Å². The Morgan fingerprint density at radius 2 is 2.17 bits per heavy atom. The molecule has 23 heavy (non-hydrogen) atoms. The van der Waals surface area contributed by atoms with Crippen molar-refractivity contribution >= 4 is 22.0 Å². The zero-order valence-corrected chi connectivity index (χ0v) is 15.6. The minimum Gasteiger partial charge on any atom is -0.376 e. The number of hydrogen-bond acceptors (Lipinski definition) is 2. The van der Waals surface area contributed by atoms with Crippen LogP contribution in [0.1, 0.15) is 38.7 Å². The van der Waals surface area contributed by atoms with E-state index in [9.17, 15) is 4.79 Å². The molecule has 1 fully saturated rings. The lowest BCUT2D eigenvalue weighted by Crippen LogP contribution is -2.46. The molecule has 1 aromatic rings. The van der Waals surface area contributed by atoms with Gasteiger partial charge in [0.1, 0.15) is 0 Å². The smallest absolute Gasteiger partial charge is 0.317 e. The van der Waals surface area contributed by atoms with Crippen LogP contribution in [0.15, 0.2) is 28.7 Å². The number of urea groups is 1. The lowest BCUT2D eigenvalue weighted by molar-refractivity contribution is 0.0821. The molecule has 128 valence electrons. The third kappa shape index (κ3) is 6.15. The average Bonchev–Trinajstić information content (AvgIpc) is 3.05. The molecular formula is C18H27BrN2O2. The molecule has 0 aliphatic carbocycles. The van der Waals surface area contributed by atoms with Crippen LogP contribution in [0.5, 0.6) is 0 Å². The van der Waals surface area contributed by atoms with Crippen molar-refractivity contribution in [3.8, 4) is 0 Å². The van der Waals surface area contributed by atoms with Crippen LogP contribution in [0.2, 0.25) is 0 Å². The van der Waals surface area contributed by atoms with Crippen molar-refractivity contribution in [2.75, 3.05) is 19.7 Å². The van der Waals surface area contributed by atoms with E-state index in [1.807, 2.05) is 11.8 Å². The summed E-state index contributed by atoms with van der Waals surface area (Å²) in [5.41, 5.74) is 1.29. The van der Waals surface area contributed by atoms with Crippen molar-refractivity contribution in [2.45, 2.75) is 51.7 Å². The summed E-state index contributed by atoms with van der Waals surface area (Å²) >= 11 is 3.45. The highest BCUT2D eigenvalue weighted by atomic mass is 79.9. The first-order chi connectivity index (χ1) is 11.1. The Morgan fingerprint density at radius 1 is 1.43 bits per heavy atom. The van der Waals surface area contributed by atoms with Gasteiger partial charge in [-0.15, -0.1) is 0 Å². The fourth-order valence-electron chi connectivity index (χ4n) is 2.80. The molecule has 1 aromatic carbocycles. The van der Waals surface area contributed by atoms with Gasteiger partial charge < -0.3 is 15.0 Å². The molecule has 0 spiro atoms. The number of carbonyl (C=O) groups is 1. The Kier molecular flexibility index (Phi) is 7.37. The second-order valence-corrected chi connectivity index (χ2v) is 7.11. The number of likely N-dealkylation sites (N-methyl/N-ethyl adjacent to an activating group) is 1. The minimum absolute atomic E-state index is 0.0197. The Balaban J connectivity index is 1.74. The van der Waals surface area contributed by atoms with Crippen molar-refractivity contribution in [1.82, 2.24) is 10.2 Å². The van der Waals surface area contributed by atoms with Crippen LogP contribution in [0.25, 0.3) is 0 Å². The van der Waals surface area contributed by atoms with E-state index < -0.39 is 0 Å². The quantitative estimate of drug-likeness (QED) is 0.774. The fraction of sp³-hybridized carbons (Fsp3) is 0.611. The van der Waals surface area contributed by atoms with E-state index in [2.05, 4.69) is 52.4 Å². The first-order valence-electron chi connectivity index (χ1n) is 8.50. The van der Waals surface area contributed by atoms with Crippen LogP contribution in [0.4, 0.5) is 4.79 Å². The van der Waals surface area contributed by atoms with Gasteiger partial charge in [-0.3, -0.25) is 0 Å². The van der Waals surface area contributed by atoms with Gasteiger partial charge in [0.15, 0.2) is 0 Å². The number of ether oxygens (including phenoxy) is 1. The number of nitrogens with one attached hydrogen (secondary N) is 1. The van der Waals surface area contributed by atoms with Crippen molar-refractivity contribution in [3.63, 3.8) is 0 Å². The van der Waals surface area contributed by atoms with E-state index >= 15 is 0 Å². The molecule has 5 heteroatoms. The molecule has 0 aromatic heterocycles. The molecule has 2 rings (SSSR count). The highest BCUT2D eigenvalue weighted by Gasteiger charge is 2.22. The Bertz CT molecular complexity index is 486. The Hall–Kier alpha value is -1.07. The molecule has 1 saturated heterocycles. The van der Waals surface area contributed by atoms with E-state index in [4.69, 9.17) is 4.74 Å². The van der Waals surface area contributed by atoms with Gasteiger partial charge in [0.05, 0.1) is 6.10 Å². The monoisotopic (exact) mass is 382 g/mol. The molecule has 2 atom stereocenters. The lowest BCUT2D eigenvalue weighted by Gasteiger charge is -2.26. The molecule has 0 saturated carbocycles. The predicted molar refractivity (Wildman–Crippen MR) is 96.7 cm³/mol. The summed E-state index contributed by atoms with van der Waals surface area (Å²) in [6.45, 7) is 6.32. The van der Waals surface area contributed by atoms with Gasteiger partial charge in [-0.05, 0) is 57.2 Å². The number of carbonyl (C=O) groups excluding carboxylic acids is 1. The van der Waals surface area contributed by atoms with E-state index in [1.165, 1.54) is 5.56 Å². The minimum atomic E-state index is 0.0197. The van der Waals surface area contributed by atoms with Crippen molar-refractivity contribution < 1.29 is 9.53 Å². The summed E-state index contributed by atoms with van der Waals surface area (Å²) in [7, 11) is 0. The normalized spacial score (nSPS) is 18.7. The van der Waals surface area contributed by atoms with Crippen molar-refractivity contribution in [3.05, 3.63) is 34.3 Å². The molecule has 2 amide bonds. The van der Waals surface area contributed by atoms with Gasteiger partial charge in [0, 0.05) is 30.2 Å². The standard InChI is InChI=1S/C18H27BrN2O2/c1-3-21(13-17-5-4-12-23-17)18(22)20-14(2)6-7-15-8-10-16(19)11-9-15/h8-11,14,17H,3-7,12-13H2,1-2H3,(H,20,22). The van der Waals surface area contributed by atoms with E-state index in [1.54, 1.807) is 0 Å². The van der Waals surface area contributed by atoms with Crippen molar-refractivity contribution in [1.29, 1.82) is 0 Å². The maximum absolute atomic E-state index is 12.4. The largest absolute Gasteiger partial charge is 0.376 e. The topological polar surface area (TPSA) is 41.6 Å². The molecule has 4 nitrogen and oxygen atoms in total. The molecule has 0 bridgehead atoms. The number of benzene rings is 1. The highest BCUT2D eigenvalue weighted by Crippen LogP contribution is 2.14. The van der Waals surface area contributed by atoms with Crippen LogP contribution in [0, 0.1) is 0 Å². The van der Waals surface area contributed by atoms with E-state index in [0.29, 0.717) is 13.1 Å². The van der Waals surface area contributed by atoms with Gasteiger partial charge in [0.2, 0.25) is 0 Å². The summed E-state index contributed by atoms with van der Waals surface area (Å²) in [6, 6.07) is 8.52. The molecule has 1 aliphatic heterocycles. The van der Waals surface area contributed by atoms with Crippen LogP contribution in [-0.2, 0) is 11.2 Å². The van der Waals surface area contributed by atoms with Crippen molar-refractivity contribution in [2.24, 2.45) is 0 Å². The van der Waals surface area contributed by atoms with Gasteiger partial charge >= 0.3 is 6.03 Å². The number of hydrogen-bond donors (Lipinski definition) is 1. The molecule has 1 aliphatic rings. The summed E-state index contributed by atoms with van der Waals surface area (Å²) in [4.78, 5) is 14.2. The third-order valence-corrected chi connectivity index (χ3v) is 4.79. The predicted octanol–water partition coefficient (Wildman–Crippen LogP) is 3.98. The number of rotatable bonds is 7. The maximum Gasteiger partial charge on any atom is 0.317 e. The van der Waals surface area contributed by atoms with Crippen LogP contribution in [-0.4, -0.2) is 42.8 Å². The first-order valence-corrected chi connectivity index (χ1v) is 9.29. The van der Waals surface area contributed by atoms with Crippen LogP contribution in [0.3, 0.4) is 0 Å². The molecule has 1 heterocycles. The second kappa shape index (κ2) is 9.28. The summed E-state index contributed by atoms with van der Waals surface area (Å²) in [5.74, 6) is 0.